The number of nitrogen functional groups attached to an aromatic ring is 1. The highest BCUT2D eigenvalue weighted by atomic mass is 79.9. The number of anilines is 1. The summed E-state index contributed by atoms with van der Waals surface area (Å²) in [5.74, 6) is -0.315. The number of halogens is 1. The van der Waals surface area contributed by atoms with Crippen LogP contribution in [0.25, 0.3) is 0 Å². The minimum atomic E-state index is -0.315. The summed E-state index contributed by atoms with van der Waals surface area (Å²) in [5.41, 5.74) is 6.68. The van der Waals surface area contributed by atoms with E-state index in [4.69, 9.17) is 10.5 Å². The standard InChI is InChI=1S/C9H11BrN2O2/c1-2-14-9(13)5-7-6(11)3-4-8(10)12-7/h3-4H,2,5,11H2,1H3. The number of aromatic nitrogens is 1. The van der Waals surface area contributed by atoms with Gasteiger partial charge in [-0.2, -0.15) is 0 Å². The summed E-state index contributed by atoms with van der Waals surface area (Å²) in [5, 5.41) is 0. The highest BCUT2D eigenvalue weighted by molar-refractivity contribution is 9.10. The van der Waals surface area contributed by atoms with E-state index < -0.39 is 0 Å². The first-order valence-corrected chi connectivity index (χ1v) is 4.99. The van der Waals surface area contributed by atoms with Crippen molar-refractivity contribution in [1.82, 2.24) is 4.98 Å². The molecule has 0 amide bonds. The van der Waals surface area contributed by atoms with E-state index in [2.05, 4.69) is 20.9 Å². The Morgan fingerprint density at radius 1 is 1.64 bits per heavy atom. The molecule has 0 aliphatic rings. The molecule has 0 spiro atoms. The van der Waals surface area contributed by atoms with Gasteiger partial charge >= 0.3 is 5.97 Å². The van der Waals surface area contributed by atoms with E-state index >= 15 is 0 Å². The van der Waals surface area contributed by atoms with E-state index in [0.29, 0.717) is 22.6 Å². The molecule has 0 unspecified atom stereocenters. The Labute approximate surface area is 90.6 Å². The third-order valence-electron chi connectivity index (χ3n) is 1.59. The molecule has 0 saturated carbocycles. The second-order valence-corrected chi connectivity index (χ2v) is 3.46. The maximum Gasteiger partial charge on any atom is 0.311 e. The van der Waals surface area contributed by atoms with Crippen molar-refractivity contribution in [2.75, 3.05) is 12.3 Å². The number of esters is 1. The predicted molar refractivity (Wildman–Crippen MR) is 56.7 cm³/mol. The van der Waals surface area contributed by atoms with Crippen LogP contribution in [-0.4, -0.2) is 17.6 Å². The lowest BCUT2D eigenvalue weighted by Crippen LogP contribution is -2.10. The van der Waals surface area contributed by atoms with Crippen molar-refractivity contribution in [3.63, 3.8) is 0 Å². The van der Waals surface area contributed by atoms with Crippen molar-refractivity contribution in [1.29, 1.82) is 0 Å². The summed E-state index contributed by atoms with van der Waals surface area (Å²) in [6, 6.07) is 3.43. The number of pyridine rings is 1. The van der Waals surface area contributed by atoms with Gasteiger partial charge in [-0.3, -0.25) is 4.79 Å². The first-order valence-electron chi connectivity index (χ1n) is 4.20. The second kappa shape index (κ2) is 4.95. The minimum Gasteiger partial charge on any atom is -0.466 e. The summed E-state index contributed by atoms with van der Waals surface area (Å²) in [6.07, 6.45) is 0.110. The van der Waals surface area contributed by atoms with Gasteiger partial charge in [0.15, 0.2) is 0 Å². The number of nitrogens with zero attached hydrogens (tertiary/aromatic N) is 1. The average Bonchev–Trinajstić information content (AvgIpc) is 2.12. The molecule has 4 nitrogen and oxygen atoms in total. The summed E-state index contributed by atoms with van der Waals surface area (Å²) in [6.45, 7) is 2.13. The van der Waals surface area contributed by atoms with Crippen LogP contribution in [0.3, 0.4) is 0 Å². The Morgan fingerprint density at radius 2 is 2.36 bits per heavy atom. The summed E-state index contributed by atoms with van der Waals surface area (Å²) >= 11 is 3.21. The molecule has 1 heterocycles. The van der Waals surface area contributed by atoms with E-state index in [1.807, 2.05) is 0 Å². The molecule has 0 aromatic carbocycles. The highest BCUT2D eigenvalue weighted by Gasteiger charge is 2.08. The molecule has 2 N–H and O–H groups in total. The second-order valence-electron chi connectivity index (χ2n) is 2.65. The van der Waals surface area contributed by atoms with Crippen molar-refractivity contribution < 1.29 is 9.53 Å². The Balaban J connectivity index is 2.75. The van der Waals surface area contributed by atoms with Crippen molar-refractivity contribution in [2.24, 2.45) is 0 Å². The smallest absolute Gasteiger partial charge is 0.311 e. The lowest BCUT2D eigenvalue weighted by Gasteiger charge is -2.04. The van der Waals surface area contributed by atoms with Gasteiger partial charge in [0.1, 0.15) is 4.60 Å². The van der Waals surface area contributed by atoms with Crippen molar-refractivity contribution in [2.45, 2.75) is 13.3 Å². The zero-order valence-corrected chi connectivity index (χ0v) is 9.37. The van der Waals surface area contributed by atoms with Gasteiger partial charge in [0.2, 0.25) is 0 Å². The maximum atomic E-state index is 11.1. The number of ether oxygens (including phenoxy) is 1. The SMILES string of the molecule is CCOC(=O)Cc1nc(Br)ccc1N. The van der Waals surface area contributed by atoms with Crippen LogP contribution in [0.15, 0.2) is 16.7 Å². The van der Waals surface area contributed by atoms with E-state index in [0.717, 1.165) is 0 Å². The molecule has 0 saturated heterocycles. The zero-order chi connectivity index (χ0) is 10.6. The molecule has 0 aliphatic carbocycles. The molecule has 1 aromatic rings. The first kappa shape index (κ1) is 11.0. The molecule has 1 aromatic heterocycles. The zero-order valence-electron chi connectivity index (χ0n) is 7.79. The minimum absolute atomic E-state index is 0.110. The van der Waals surface area contributed by atoms with Crippen LogP contribution in [0.5, 0.6) is 0 Å². The van der Waals surface area contributed by atoms with E-state index in [-0.39, 0.29) is 12.4 Å². The van der Waals surface area contributed by atoms with Gasteiger partial charge in [0, 0.05) is 0 Å². The highest BCUT2D eigenvalue weighted by Crippen LogP contribution is 2.14. The van der Waals surface area contributed by atoms with E-state index in [9.17, 15) is 4.79 Å². The Bertz CT molecular complexity index is 342. The first-order chi connectivity index (χ1) is 6.63. The fourth-order valence-electron chi connectivity index (χ4n) is 0.976. The van der Waals surface area contributed by atoms with Crippen molar-refractivity contribution in [3.05, 3.63) is 22.4 Å². The van der Waals surface area contributed by atoms with Crippen LogP contribution in [-0.2, 0) is 16.0 Å². The Hall–Kier alpha value is -1.10. The molecule has 1 rings (SSSR count). The van der Waals surface area contributed by atoms with Gasteiger partial charge in [0.25, 0.3) is 0 Å². The van der Waals surface area contributed by atoms with Crippen molar-refractivity contribution >= 4 is 27.6 Å². The van der Waals surface area contributed by atoms with Gasteiger partial charge in [-0.1, -0.05) is 0 Å². The monoisotopic (exact) mass is 258 g/mol. The van der Waals surface area contributed by atoms with Crippen LogP contribution < -0.4 is 5.73 Å². The third kappa shape index (κ3) is 2.99. The summed E-state index contributed by atoms with van der Waals surface area (Å²) < 4.78 is 5.45. The van der Waals surface area contributed by atoms with Crippen molar-refractivity contribution in [3.8, 4) is 0 Å². The largest absolute Gasteiger partial charge is 0.466 e. The quantitative estimate of drug-likeness (QED) is 0.660. The van der Waals surface area contributed by atoms with Crippen LogP contribution in [0.2, 0.25) is 0 Å². The Morgan fingerprint density at radius 3 is 3.00 bits per heavy atom. The van der Waals surface area contributed by atoms with Gasteiger partial charge in [0.05, 0.1) is 24.4 Å². The number of hydrogen-bond acceptors (Lipinski definition) is 4. The average molecular weight is 259 g/mol. The molecule has 5 heteroatoms. The summed E-state index contributed by atoms with van der Waals surface area (Å²) in [7, 11) is 0. The van der Waals surface area contributed by atoms with Crippen LogP contribution in [0.1, 0.15) is 12.6 Å². The number of hydrogen-bond donors (Lipinski definition) is 1. The Kier molecular flexibility index (Phi) is 3.88. The molecule has 14 heavy (non-hydrogen) atoms. The molecule has 0 radical (unpaired) electrons. The fraction of sp³-hybridized carbons (Fsp3) is 0.333. The van der Waals surface area contributed by atoms with Gasteiger partial charge in [-0.25, -0.2) is 4.98 Å². The number of carbonyl (C=O) groups is 1. The molecular formula is C9H11BrN2O2. The van der Waals surface area contributed by atoms with Gasteiger partial charge in [-0.15, -0.1) is 0 Å². The van der Waals surface area contributed by atoms with Crippen LogP contribution in [0, 0.1) is 0 Å². The molecular weight excluding hydrogens is 248 g/mol. The topological polar surface area (TPSA) is 65.2 Å². The number of carbonyl (C=O) groups excluding carboxylic acids is 1. The lowest BCUT2D eigenvalue weighted by molar-refractivity contribution is -0.142. The molecule has 76 valence electrons. The lowest BCUT2D eigenvalue weighted by atomic mass is 10.2. The van der Waals surface area contributed by atoms with Gasteiger partial charge < -0.3 is 10.5 Å². The van der Waals surface area contributed by atoms with E-state index in [1.165, 1.54) is 0 Å². The predicted octanol–water partition coefficient (Wildman–Crippen LogP) is 1.53. The number of rotatable bonds is 3. The molecule has 0 fully saturated rings. The van der Waals surface area contributed by atoms with E-state index in [1.54, 1.807) is 19.1 Å². The third-order valence-corrected chi connectivity index (χ3v) is 2.03. The molecule has 0 bridgehead atoms. The molecule has 0 atom stereocenters. The number of nitrogens with two attached hydrogens (primary N) is 1. The van der Waals surface area contributed by atoms with Crippen LogP contribution >= 0.6 is 15.9 Å². The summed E-state index contributed by atoms with van der Waals surface area (Å²) in [4.78, 5) is 15.2. The molecule has 0 aliphatic heterocycles. The fourth-order valence-corrected chi connectivity index (χ4v) is 1.32. The van der Waals surface area contributed by atoms with Crippen LogP contribution in [0.4, 0.5) is 5.69 Å². The van der Waals surface area contributed by atoms with Gasteiger partial charge in [-0.05, 0) is 35.0 Å². The normalized spacial score (nSPS) is 9.86. The maximum absolute atomic E-state index is 11.1.